The van der Waals surface area contributed by atoms with Gasteiger partial charge in [0.05, 0.1) is 11.9 Å². The van der Waals surface area contributed by atoms with Crippen LogP contribution < -0.4 is 0 Å². The molecule has 0 saturated heterocycles. The van der Waals surface area contributed by atoms with Crippen molar-refractivity contribution in [3.8, 4) is 16.9 Å². The lowest BCUT2D eigenvalue weighted by atomic mass is 10.1. The van der Waals surface area contributed by atoms with E-state index in [-0.39, 0.29) is 0 Å². The highest BCUT2D eigenvalue weighted by atomic mass is 32.2. The summed E-state index contributed by atoms with van der Waals surface area (Å²) in [6, 6.07) is 19.1. The second kappa shape index (κ2) is 6.41. The van der Waals surface area contributed by atoms with Crippen molar-refractivity contribution in [1.29, 1.82) is 0 Å². The van der Waals surface area contributed by atoms with Crippen LogP contribution >= 0.6 is 11.8 Å². The Balaban J connectivity index is 2.14. The van der Waals surface area contributed by atoms with Gasteiger partial charge in [-0.1, -0.05) is 73.6 Å². The Morgan fingerprint density at radius 3 is 2.27 bits per heavy atom. The molecule has 3 aromatic rings. The smallest absolute Gasteiger partial charge is 0.173 e. The van der Waals surface area contributed by atoms with Gasteiger partial charge in [0.25, 0.3) is 0 Å². The van der Waals surface area contributed by atoms with Gasteiger partial charge >= 0.3 is 0 Å². The quantitative estimate of drug-likeness (QED) is 0.605. The Kier molecular flexibility index (Phi) is 4.34. The molecular formula is C19H20N2S. The summed E-state index contributed by atoms with van der Waals surface area (Å²) in [5, 5.41) is 1.53. The third kappa shape index (κ3) is 3.09. The number of rotatable bonds is 4. The van der Waals surface area contributed by atoms with E-state index in [1.807, 2.05) is 12.3 Å². The number of nitrogens with zero attached hydrogens (tertiary/aromatic N) is 2. The maximum atomic E-state index is 4.66. The van der Waals surface area contributed by atoms with Crippen molar-refractivity contribution in [2.45, 2.75) is 31.2 Å². The summed E-state index contributed by atoms with van der Waals surface area (Å²) >= 11 is 1.79. The third-order valence-electron chi connectivity index (χ3n) is 3.43. The summed E-state index contributed by atoms with van der Waals surface area (Å²) in [5.41, 5.74) is 4.75. The summed E-state index contributed by atoms with van der Waals surface area (Å²) in [6.07, 6.45) is 1.97. The molecule has 0 atom stereocenters. The number of hydrogen-bond acceptors (Lipinski definition) is 2. The summed E-state index contributed by atoms with van der Waals surface area (Å²) in [7, 11) is 0. The van der Waals surface area contributed by atoms with E-state index in [9.17, 15) is 0 Å². The number of aryl methyl sites for hydroxylation is 1. The zero-order valence-electron chi connectivity index (χ0n) is 13.2. The number of benzene rings is 2. The number of para-hydroxylation sites is 1. The highest BCUT2D eigenvalue weighted by molar-refractivity contribution is 7.99. The Hall–Kier alpha value is -2.00. The lowest BCUT2D eigenvalue weighted by Crippen LogP contribution is -2.00. The maximum Gasteiger partial charge on any atom is 0.173 e. The molecule has 1 aromatic heterocycles. The lowest BCUT2D eigenvalue weighted by molar-refractivity contribution is 0.893. The van der Waals surface area contributed by atoms with Gasteiger partial charge in [-0.25, -0.2) is 4.98 Å². The molecule has 0 aliphatic heterocycles. The van der Waals surface area contributed by atoms with Crippen LogP contribution in [0.4, 0.5) is 0 Å². The van der Waals surface area contributed by atoms with Crippen LogP contribution in [0.3, 0.4) is 0 Å². The predicted molar refractivity (Wildman–Crippen MR) is 94.7 cm³/mol. The zero-order valence-corrected chi connectivity index (χ0v) is 14.0. The van der Waals surface area contributed by atoms with Gasteiger partial charge in [-0.3, -0.25) is 4.57 Å². The Labute approximate surface area is 136 Å². The van der Waals surface area contributed by atoms with Crippen LogP contribution in [0.5, 0.6) is 0 Å². The fraction of sp³-hybridized carbons (Fsp3) is 0.211. The summed E-state index contributed by atoms with van der Waals surface area (Å²) in [6.45, 7) is 6.50. The third-order valence-corrected chi connectivity index (χ3v) is 4.40. The molecule has 22 heavy (non-hydrogen) atoms. The first-order valence-electron chi connectivity index (χ1n) is 7.52. The number of imidazole rings is 1. The van der Waals surface area contributed by atoms with E-state index in [4.69, 9.17) is 0 Å². The SMILES string of the molecule is Cc1ccc(-c2cnc(SC(C)C)n2-c2ccccc2)cc1. The maximum absolute atomic E-state index is 4.66. The van der Waals surface area contributed by atoms with Crippen LogP contribution in [0, 0.1) is 6.92 Å². The van der Waals surface area contributed by atoms with Crippen LogP contribution in [0.1, 0.15) is 19.4 Å². The fourth-order valence-corrected chi connectivity index (χ4v) is 3.23. The van der Waals surface area contributed by atoms with E-state index < -0.39 is 0 Å². The molecule has 0 bridgehead atoms. The van der Waals surface area contributed by atoms with Gasteiger partial charge in [0.15, 0.2) is 5.16 Å². The van der Waals surface area contributed by atoms with Gasteiger partial charge in [-0.05, 0) is 19.1 Å². The Morgan fingerprint density at radius 1 is 0.955 bits per heavy atom. The second-order valence-corrected chi connectivity index (χ2v) is 7.17. The molecule has 0 unspecified atom stereocenters. The first kappa shape index (κ1) is 14.9. The standard InChI is InChI=1S/C19H20N2S/c1-14(2)22-19-20-13-18(16-11-9-15(3)10-12-16)21(19)17-7-5-4-6-8-17/h4-14H,1-3H3. The largest absolute Gasteiger partial charge is 0.287 e. The molecule has 0 aliphatic rings. The van der Waals surface area contributed by atoms with Crippen LogP contribution in [0.2, 0.25) is 0 Å². The van der Waals surface area contributed by atoms with Gasteiger partial charge in [0, 0.05) is 16.5 Å². The van der Waals surface area contributed by atoms with Crippen molar-refractivity contribution in [3.05, 3.63) is 66.4 Å². The van der Waals surface area contributed by atoms with Gasteiger partial charge in [0.2, 0.25) is 0 Å². The van der Waals surface area contributed by atoms with Crippen LogP contribution in [0.25, 0.3) is 16.9 Å². The summed E-state index contributed by atoms with van der Waals surface area (Å²) in [4.78, 5) is 4.66. The normalized spacial score (nSPS) is 11.1. The molecule has 1 heterocycles. The van der Waals surface area contributed by atoms with Crippen molar-refractivity contribution in [2.24, 2.45) is 0 Å². The lowest BCUT2D eigenvalue weighted by Gasteiger charge is -2.13. The first-order chi connectivity index (χ1) is 10.6. The van der Waals surface area contributed by atoms with Crippen LogP contribution in [-0.4, -0.2) is 14.8 Å². The van der Waals surface area contributed by atoms with Crippen LogP contribution in [0.15, 0.2) is 66.0 Å². The molecule has 0 fully saturated rings. The average molecular weight is 308 g/mol. The van der Waals surface area contributed by atoms with E-state index in [0.717, 1.165) is 16.5 Å². The van der Waals surface area contributed by atoms with Crippen LogP contribution in [-0.2, 0) is 0 Å². The van der Waals surface area contributed by atoms with E-state index in [1.54, 1.807) is 11.8 Å². The predicted octanol–water partition coefficient (Wildman–Crippen LogP) is 5.35. The Morgan fingerprint density at radius 2 is 1.64 bits per heavy atom. The van der Waals surface area contributed by atoms with Gasteiger partial charge < -0.3 is 0 Å². The van der Waals surface area contributed by atoms with Crippen molar-refractivity contribution >= 4 is 11.8 Å². The molecule has 0 aliphatic carbocycles. The molecule has 0 amide bonds. The first-order valence-corrected chi connectivity index (χ1v) is 8.40. The van der Waals surface area contributed by atoms with Crippen molar-refractivity contribution < 1.29 is 0 Å². The van der Waals surface area contributed by atoms with Gasteiger partial charge in [-0.15, -0.1) is 0 Å². The van der Waals surface area contributed by atoms with E-state index in [1.165, 1.54) is 11.1 Å². The van der Waals surface area contributed by atoms with E-state index in [0.29, 0.717) is 5.25 Å². The highest BCUT2D eigenvalue weighted by Gasteiger charge is 2.14. The molecule has 2 aromatic carbocycles. The molecule has 3 heteroatoms. The van der Waals surface area contributed by atoms with E-state index >= 15 is 0 Å². The number of aromatic nitrogens is 2. The van der Waals surface area contributed by atoms with Gasteiger partial charge in [-0.2, -0.15) is 0 Å². The Bertz CT molecular complexity index is 743. The minimum Gasteiger partial charge on any atom is -0.287 e. The number of hydrogen-bond donors (Lipinski definition) is 0. The number of thioether (sulfide) groups is 1. The minimum atomic E-state index is 0.496. The molecule has 0 radical (unpaired) electrons. The molecule has 0 spiro atoms. The zero-order chi connectivity index (χ0) is 15.5. The molecule has 2 nitrogen and oxygen atoms in total. The molecule has 0 saturated carbocycles. The molecular weight excluding hydrogens is 288 g/mol. The fourth-order valence-electron chi connectivity index (χ4n) is 2.38. The highest BCUT2D eigenvalue weighted by Crippen LogP contribution is 2.31. The molecule has 0 N–H and O–H groups in total. The monoisotopic (exact) mass is 308 g/mol. The van der Waals surface area contributed by atoms with E-state index in [2.05, 4.69) is 78.9 Å². The summed E-state index contributed by atoms with van der Waals surface area (Å²) in [5.74, 6) is 0. The second-order valence-electron chi connectivity index (χ2n) is 5.63. The summed E-state index contributed by atoms with van der Waals surface area (Å²) < 4.78 is 2.25. The van der Waals surface area contributed by atoms with Gasteiger partial charge in [0.1, 0.15) is 0 Å². The van der Waals surface area contributed by atoms with Crippen molar-refractivity contribution in [3.63, 3.8) is 0 Å². The average Bonchev–Trinajstić information content (AvgIpc) is 2.91. The van der Waals surface area contributed by atoms with Crippen molar-refractivity contribution in [1.82, 2.24) is 9.55 Å². The molecule has 3 rings (SSSR count). The molecule has 112 valence electrons. The topological polar surface area (TPSA) is 17.8 Å². The minimum absolute atomic E-state index is 0.496. The van der Waals surface area contributed by atoms with Crippen molar-refractivity contribution in [2.75, 3.05) is 0 Å².